The molecular formula is C15H20N4O2. The van der Waals surface area contributed by atoms with Crippen LogP contribution in [0.2, 0.25) is 0 Å². The van der Waals surface area contributed by atoms with E-state index in [0.717, 1.165) is 29.7 Å². The van der Waals surface area contributed by atoms with Gasteiger partial charge < -0.3 is 15.5 Å². The number of unbranched alkanes of at least 4 members (excludes halogenated alkanes) is 1. The molecule has 1 atom stereocenters. The second-order valence-corrected chi connectivity index (χ2v) is 5.01. The van der Waals surface area contributed by atoms with Gasteiger partial charge >= 0.3 is 0 Å². The molecule has 1 heterocycles. The normalized spacial score (nSPS) is 12.1. The third-order valence-electron chi connectivity index (χ3n) is 3.30. The van der Waals surface area contributed by atoms with E-state index < -0.39 is 6.04 Å². The smallest absolute Gasteiger partial charge is 0.247 e. The molecule has 2 rings (SSSR count). The Morgan fingerprint density at radius 1 is 1.48 bits per heavy atom. The summed E-state index contributed by atoms with van der Waals surface area (Å²) in [5, 5.41) is 10.4. The first kappa shape index (κ1) is 15.2. The molecule has 1 aromatic carbocycles. The highest BCUT2D eigenvalue weighted by molar-refractivity contribution is 5.95. The van der Waals surface area contributed by atoms with Gasteiger partial charge in [0, 0.05) is 11.3 Å². The third kappa shape index (κ3) is 3.88. The zero-order valence-corrected chi connectivity index (χ0v) is 12.3. The highest BCUT2D eigenvalue weighted by Gasteiger charge is 2.14. The van der Waals surface area contributed by atoms with Crippen LogP contribution in [-0.2, 0) is 4.79 Å². The number of rotatable bonds is 6. The van der Waals surface area contributed by atoms with Gasteiger partial charge in [-0.2, -0.15) is 0 Å². The van der Waals surface area contributed by atoms with Crippen molar-refractivity contribution in [2.24, 2.45) is 5.73 Å². The van der Waals surface area contributed by atoms with Crippen molar-refractivity contribution >= 4 is 11.6 Å². The molecule has 1 amide bonds. The van der Waals surface area contributed by atoms with Crippen LogP contribution in [0.1, 0.15) is 31.7 Å². The van der Waals surface area contributed by atoms with E-state index in [4.69, 9.17) is 10.2 Å². The maximum absolute atomic E-state index is 12.0. The van der Waals surface area contributed by atoms with Crippen LogP contribution in [0.5, 0.6) is 0 Å². The molecule has 3 N–H and O–H groups in total. The van der Waals surface area contributed by atoms with E-state index in [1.54, 1.807) is 0 Å². The van der Waals surface area contributed by atoms with Crippen molar-refractivity contribution in [1.82, 2.24) is 10.2 Å². The predicted molar refractivity (Wildman–Crippen MR) is 80.6 cm³/mol. The monoisotopic (exact) mass is 288 g/mol. The number of aryl methyl sites for hydroxylation is 1. The Morgan fingerprint density at radius 3 is 2.90 bits per heavy atom. The van der Waals surface area contributed by atoms with Crippen molar-refractivity contribution in [2.45, 2.75) is 39.2 Å². The minimum Gasteiger partial charge on any atom is -0.423 e. The second kappa shape index (κ2) is 6.99. The van der Waals surface area contributed by atoms with Crippen molar-refractivity contribution in [3.63, 3.8) is 0 Å². The summed E-state index contributed by atoms with van der Waals surface area (Å²) in [4.78, 5) is 12.0. The van der Waals surface area contributed by atoms with E-state index in [-0.39, 0.29) is 5.91 Å². The van der Waals surface area contributed by atoms with Gasteiger partial charge in [0.25, 0.3) is 0 Å². The topological polar surface area (TPSA) is 94.0 Å². The van der Waals surface area contributed by atoms with E-state index in [9.17, 15) is 4.79 Å². The Morgan fingerprint density at radius 2 is 2.29 bits per heavy atom. The van der Waals surface area contributed by atoms with Crippen LogP contribution in [-0.4, -0.2) is 22.1 Å². The molecule has 0 spiro atoms. The average molecular weight is 288 g/mol. The maximum Gasteiger partial charge on any atom is 0.247 e. The molecule has 6 heteroatoms. The first-order valence-corrected chi connectivity index (χ1v) is 7.05. The van der Waals surface area contributed by atoms with Gasteiger partial charge in [0.2, 0.25) is 18.2 Å². The number of nitrogens with one attached hydrogen (secondary N) is 1. The maximum atomic E-state index is 12.0. The highest BCUT2D eigenvalue weighted by atomic mass is 16.4. The lowest BCUT2D eigenvalue weighted by atomic mass is 10.1. The van der Waals surface area contributed by atoms with Gasteiger partial charge in [-0.25, -0.2) is 0 Å². The molecule has 0 aliphatic carbocycles. The molecule has 0 aliphatic rings. The van der Waals surface area contributed by atoms with E-state index in [1.807, 2.05) is 25.1 Å². The molecule has 0 aliphatic heterocycles. The van der Waals surface area contributed by atoms with Gasteiger partial charge in [0.1, 0.15) is 0 Å². The molecule has 0 radical (unpaired) electrons. The number of aromatic nitrogens is 2. The SMILES string of the molecule is CCCC[C@H](N)C(=O)Nc1ccc(-c2nnco2)cc1C. The molecule has 6 nitrogen and oxygen atoms in total. The Labute approximate surface area is 123 Å². The minimum atomic E-state index is -0.472. The Bertz CT molecular complexity index is 596. The molecule has 0 fully saturated rings. The summed E-state index contributed by atoms with van der Waals surface area (Å²) in [5.74, 6) is 0.299. The van der Waals surface area contributed by atoms with Crippen LogP contribution in [0.4, 0.5) is 5.69 Å². The van der Waals surface area contributed by atoms with Crippen molar-refractivity contribution < 1.29 is 9.21 Å². The predicted octanol–water partition coefficient (Wildman–Crippen LogP) is 2.50. The number of amides is 1. The Kier molecular flexibility index (Phi) is 5.05. The number of hydrogen-bond acceptors (Lipinski definition) is 5. The van der Waals surface area contributed by atoms with Gasteiger partial charge in [-0.3, -0.25) is 4.79 Å². The number of anilines is 1. The molecule has 0 saturated heterocycles. The fourth-order valence-corrected chi connectivity index (χ4v) is 2.02. The lowest BCUT2D eigenvalue weighted by Gasteiger charge is -2.13. The molecule has 112 valence electrons. The van der Waals surface area contributed by atoms with Crippen LogP contribution in [0.3, 0.4) is 0 Å². The Balaban J connectivity index is 2.06. The molecular weight excluding hydrogens is 268 g/mol. The molecule has 0 unspecified atom stereocenters. The number of hydrogen-bond donors (Lipinski definition) is 2. The largest absolute Gasteiger partial charge is 0.423 e. The second-order valence-electron chi connectivity index (χ2n) is 5.01. The van der Waals surface area contributed by atoms with Gasteiger partial charge in [-0.05, 0) is 37.1 Å². The zero-order chi connectivity index (χ0) is 15.2. The number of benzene rings is 1. The number of nitrogens with zero attached hydrogens (tertiary/aromatic N) is 2. The Hall–Kier alpha value is -2.21. The first-order chi connectivity index (χ1) is 10.1. The fourth-order valence-electron chi connectivity index (χ4n) is 2.02. The van der Waals surface area contributed by atoms with E-state index in [2.05, 4.69) is 22.4 Å². The summed E-state index contributed by atoms with van der Waals surface area (Å²) in [7, 11) is 0. The van der Waals surface area contributed by atoms with Crippen molar-refractivity contribution in [2.75, 3.05) is 5.32 Å². The summed E-state index contributed by atoms with van der Waals surface area (Å²) in [5.41, 5.74) is 8.34. The lowest BCUT2D eigenvalue weighted by Crippen LogP contribution is -2.35. The summed E-state index contributed by atoms with van der Waals surface area (Å²) in [6.45, 7) is 3.98. The van der Waals surface area contributed by atoms with E-state index >= 15 is 0 Å². The number of carbonyl (C=O) groups is 1. The standard InChI is InChI=1S/C15H20N4O2/c1-3-4-5-12(16)14(20)18-13-7-6-11(8-10(13)2)15-19-17-9-21-15/h6-9,12H,3-5,16H2,1-2H3,(H,18,20)/t12-/m0/s1. The van der Waals surface area contributed by atoms with Crippen molar-refractivity contribution in [3.05, 3.63) is 30.2 Å². The third-order valence-corrected chi connectivity index (χ3v) is 3.30. The van der Waals surface area contributed by atoms with Crippen molar-refractivity contribution in [3.8, 4) is 11.5 Å². The molecule has 2 aromatic rings. The first-order valence-electron chi connectivity index (χ1n) is 7.05. The summed E-state index contributed by atoms with van der Waals surface area (Å²) in [6, 6.07) is 5.06. The van der Waals surface area contributed by atoms with Gasteiger partial charge in [-0.15, -0.1) is 10.2 Å². The van der Waals surface area contributed by atoms with Crippen LogP contribution in [0.15, 0.2) is 29.0 Å². The van der Waals surface area contributed by atoms with Crippen LogP contribution in [0.25, 0.3) is 11.5 Å². The van der Waals surface area contributed by atoms with Crippen molar-refractivity contribution in [1.29, 1.82) is 0 Å². The molecule has 1 aromatic heterocycles. The molecule has 21 heavy (non-hydrogen) atoms. The summed E-state index contributed by atoms with van der Waals surface area (Å²) < 4.78 is 5.15. The fraction of sp³-hybridized carbons (Fsp3) is 0.400. The molecule has 0 bridgehead atoms. The minimum absolute atomic E-state index is 0.155. The van der Waals surface area contributed by atoms with E-state index in [1.165, 1.54) is 6.39 Å². The van der Waals surface area contributed by atoms with E-state index in [0.29, 0.717) is 12.3 Å². The zero-order valence-electron chi connectivity index (χ0n) is 12.3. The number of carbonyl (C=O) groups excluding carboxylic acids is 1. The number of nitrogens with two attached hydrogens (primary N) is 1. The van der Waals surface area contributed by atoms with Crippen LogP contribution < -0.4 is 11.1 Å². The lowest BCUT2D eigenvalue weighted by molar-refractivity contribution is -0.117. The highest BCUT2D eigenvalue weighted by Crippen LogP contribution is 2.23. The quantitative estimate of drug-likeness (QED) is 0.851. The summed E-state index contributed by atoms with van der Waals surface area (Å²) >= 11 is 0. The van der Waals surface area contributed by atoms with Crippen LogP contribution >= 0.6 is 0 Å². The summed E-state index contributed by atoms with van der Waals surface area (Å²) in [6.07, 6.45) is 3.96. The molecule has 0 saturated carbocycles. The van der Waals surface area contributed by atoms with Gasteiger partial charge in [0.15, 0.2) is 0 Å². The van der Waals surface area contributed by atoms with Gasteiger partial charge in [0.05, 0.1) is 6.04 Å². The van der Waals surface area contributed by atoms with Gasteiger partial charge in [-0.1, -0.05) is 19.8 Å². The average Bonchev–Trinajstić information content (AvgIpc) is 3.00. The van der Waals surface area contributed by atoms with Crippen LogP contribution in [0, 0.1) is 6.92 Å².